The molecule has 3 heterocycles. The molecule has 0 saturated heterocycles. The van der Waals surface area contributed by atoms with Crippen LogP contribution in [0.1, 0.15) is 25.1 Å². The third-order valence-corrected chi connectivity index (χ3v) is 3.85. The Kier molecular flexibility index (Phi) is 2.61. The van der Waals surface area contributed by atoms with Crippen molar-refractivity contribution < 1.29 is 4.52 Å². The average Bonchev–Trinajstić information content (AvgIpc) is 3.16. The van der Waals surface area contributed by atoms with E-state index >= 15 is 0 Å². The molecule has 0 unspecified atom stereocenters. The highest BCUT2D eigenvalue weighted by Crippen LogP contribution is 2.37. The lowest BCUT2D eigenvalue weighted by atomic mass is 9.77. The molecule has 4 rings (SSSR count). The van der Waals surface area contributed by atoms with Gasteiger partial charge < -0.3 is 10.3 Å². The molecule has 0 aliphatic heterocycles. The quantitative estimate of drug-likeness (QED) is 0.784. The van der Waals surface area contributed by atoms with E-state index in [2.05, 4.69) is 20.2 Å². The third-order valence-electron chi connectivity index (χ3n) is 3.85. The summed E-state index contributed by atoms with van der Waals surface area (Å²) in [6.07, 6.45) is 8.14. The van der Waals surface area contributed by atoms with Gasteiger partial charge in [-0.05, 0) is 37.5 Å². The normalized spacial score (nSPS) is 16.6. The monoisotopic (exact) mass is 282 g/mol. The van der Waals surface area contributed by atoms with Crippen LogP contribution in [-0.2, 0) is 5.54 Å². The number of rotatable bonds is 3. The van der Waals surface area contributed by atoms with Gasteiger partial charge in [-0.2, -0.15) is 10.1 Å². The number of hydrogen-bond donors (Lipinski definition) is 1. The molecule has 0 radical (unpaired) electrons. The smallest absolute Gasteiger partial charge is 0.258 e. The van der Waals surface area contributed by atoms with E-state index in [1.54, 1.807) is 17.1 Å². The molecule has 3 aromatic heterocycles. The Labute approximate surface area is 120 Å². The lowest BCUT2D eigenvalue weighted by Crippen LogP contribution is -2.44. The van der Waals surface area contributed by atoms with E-state index in [0.717, 1.165) is 24.8 Å². The highest BCUT2D eigenvalue weighted by molar-refractivity contribution is 5.55. The van der Waals surface area contributed by atoms with Crippen molar-refractivity contribution in [2.24, 2.45) is 5.73 Å². The Hall–Kier alpha value is -2.54. The van der Waals surface area contributed by atoms with Crippen molar-refractivity contribution >= 4 is 0 Å². The van der Waals surface area contributed by atoms with Crippen molar-refractivity contribution in [1.29, 1.82) is 0 Å². The Morgan fingerprint density at radius 3 is 2.90 bits per heavy atom. The molecule has 3 aromatic rings. The van der Waals surface area contributed by atoms with Gasteiger partial charge >= 0.3 is 0 Å². The van der Waals surface area contributed by atoms with Crippen LogP contribution in [0.4, 0.5) is 0 Å². The van der Waals surface area contributed by atoms with Crippen LogP contribution in [0.3, 0.4) is 0 Å². The largest absolute Gasteiger partial charge is 0.334 e. The summed E-state index contributed by atoms with van der Waals surface area (Å²) < 4.78 is 7.02. The first-order chi connectivity index (χ1) is 10.2. The summed E-state index contributed by atoms with van der Waals surface area (Å²) in [4.78, 5) is 8.71. The van der Waals surface area contributed by atoms with Crippen molar-refractivity contribution in [2.45, 2.75) is 24.8 Å². The van der Waals surface area contributed by atoms with Gasteiger partial charge in [-0.1, -0.05) is 5.16 Å². The summed E-state index contributed by atoms with van der Waals surface area (Å²) in [5.74, 6) is 1.74. The molecule has 0 spiro atoms. The predicted molar refractivity (Wildman–Crippen MR) is 74.4 cm³/mol. The molecular formula is C14H14N6O. The second-order valence-electron chi connectivity index (χ2n) is 5.29. The standard InChI is InChI=1S/C14H14N6O/c15-14(4-1-5-14)13-18-12(21-19-13)10-3-7-16-11(9-10)20-8-2-6-17-20/h2-3,6-9H,1,4-5,15H2. The summed E-state index contributed by atoms with van der Waals surface area (Å²) in [5, 5.41) is 8.18. The second kappa shape index (κ2) is 4.49. The van der Waals surface area contributed by atoms with Gasteiger partial charge in [0.25, 0.3) is 5.89 Å². The highest BCUT2D eigenvalue weighted by Gasteiger charge is 2.39. The van der Waals surface area contributed by atoms with Crippen molar-refractivity contribution in [3.05, 3.63) is 42.6 Å². The van der Waals surface area contributed by atoms with E-state index in [4.69, 9.17) is 10.3 Å². The maximum atomic E-state index is 6.21. The molecule has 106 valence electrons. The molecule has 1 fully saturated rings. The van der Waals surface area contributed by atoms with E-state index in [0.29, 0.717) is 17.5 Å². The summed E-state index contributed by atoms with van der Waals surface area (Å²) in [5.41, 5.74) is 6.60. The fourth-order valence-corrected chi connectivity index (χ4v) is 2.41. The van der Waals surface area contributed by atoms with Crippen molar-refractivity contribution in [2.75, 3.05) is 0 Å². The van der Waals surface area contributed by atoms with Crippen molar-refractivity contribution in [3.63, 3.8) is 0 Å². The van der Waals surface area contributed by atoms with Gasteiger partial charge in [0, 0.05) is 24.2 Å². The minimum Gasteiger partial charge on any atom is -0.334 e. The fraction of sp³-hybridized carbons (Fsp3) is 0.286. The summed E-state index contributed by atoms with van der Waals surface area (Å²) in [6.45, 7) is 0. The number of nitrogens with two attached hydrogens (primary N) is 1. The molecule has 0 atom stereocenters. The minimum absolute atomic E-state index is 0.417. The van der Waals surface area contributed by atoms with Crippen LogP contribution in [0.25, 0.3) is 17.3 Å². The first kappa shape index (κ1) is 12.2. The number of nitrogens with zero attached hydrogens (tertiary/aromatic N) is 5. The SMILES string of the molecule is NC1(c2noc(-c3ccnc(-n4cccn4)c3)n2)CCC1. The summed E-state index contributed by atoms with van der Waals surface area (Å²) in [6, 6.07) is 5.52. The molecule has 0 aromatic carbocycles. The second-order valence-corrected chi connectivity index (χ2v) is 5.29. The van der Waals surface area contributed by atoms with Crippen LogP contribution in [-0.4, -0.2) is 24.9 Å². The van der Waals surface area contributed by atoms with Gasteiger partial charge in [0.05, 0.1) is 5.54 Å². The van der Waals surface area contributed by atoms with Gasteiger partial charge in [0.1, 0.15) is 0 Å². The maximum Gasteiger partial charge on any atom is 0.258 e. The van der Waals surface area contributed by atoms with Gasteiger partial charge in [-0.3, -0.25) is 0 Å². The molecule has 2 N–H and O–H groups in total. The van der Waals surface area contributed by atoms with Gasteiger partial charge in [-0.25, -0.2) is 9.67 Å². The maximum absolute atomic E-state index is 6.21. The van der Waals surface area contributed by atoms with Crippen LogP contribution < -0.4 is 5.73 Å². The molecule has 1 aliphatic carbocycles. The van der Waals surface area contributed by atoms with Crippen LogP contribution in [0.15, 0.2) is 41.3 Å². The first-order valence-corrected chi connectivity index (χ1v) is 6.84. The zero-order chi connectivity index (χ0) is 14.3. The lowest BCUT2D eigenvalue weighted by Gasteiger charge is -2.34. The van der Waals surface area contributed by atoms with Gasteiger partial charge in [-0.15, -0.1) is 0 Å². The van der Waals surface area contributed by atoms with Crippen LogP contribution in [0, 0.1) is 0 Å². The Bertz CT molecular complexity index is 759. The van der Waals surface area contributed by atoms with Crippen LogP contribution in [0.2, 0.25) is 0 Å². The molecule has 1 saturated carbocycles. The molecular weight excluding hydrogens is 268 g/mol. The minimum atomic E-state index is -0.417. The Balaban J connectivity index is 1.69. The van der Waals surface area contributed by atoms with E-state index in [1.165, 1.54) is 0 Å². The topological polar surface area (TPSA) is 95.7 Å². The van der Waals surface area contributed by atoms with E-state index in [1.807, 2.05) is 24.4 Å². The number of aromatic nitrogens is 5. The molecule has 7 heteroatoms. The number of hydrogen-bond acceptors (Lipinski definition) is 6. The summed E-state index contributed by atoms with van der Waals surface area (Å²) in [7, 11) is 0. The number of pyridine rings is 1. The molecule has 7 nitrogen and oxygen atoms in total. The van der Waals surface area contributed by atoms with E-state index in [9.17, 15) is 0 Å². The Morgan fingerprint density at radius 2 is 2.19 bits per heavy atom. The first-order valence-electron chi connectivity index (χ1n) is 6.84. The fourth-order valence-electron chi connectivity index (χ4n) is 2.41. The van der Waals surface area contributed by atoms with Crippen LogP contribution >= 0.6 is 0 Å². The van der Waals surface area contributed by atoms with E-state index in [-0.39, 0.29) is 0 Å². The van der Waals surface area contributed by atoms with Crippen molar-refractivity contribution in [1.82, 2.24) is 24.9 Å². The zero-order valence-electron chi connectivity index (χ0n) is 11.3. The van der Waals surface area contributed by atoms with Crippen LogP contribution in [0.5, 0.6) is 0 Å². The zero-order valence-corrected chi connectivity index (χ0v) is 11.3. The lowest BCUT2D eigenvalue weighted by molar-refractivity contribution is 0.229. The van der Waals surface area contributed by atoms with Crippen molar-refractivity contribution in [3.8, 4) is 17.3 Å². The average molecular weight is 282 g/mol. The molecule has 0 amide bonds. The Morgan fingerprint density at radius 1 is 1.29 bits per heavy atom. The molecule has 21 heavy (non-hydrogen) atoms. The predicted octanol–water partition coefficient (Wildman–Crippen LogP) is 1.66. The highest BCUT2D eigenvalue weighted by atomic mass is 16.5. The third kappa shape index (κ3) is 2.02. The van der Waals surface area contributed by atoms with Gasteiger partial charge in [0.15, 0.2) is 11.6 Å². The van der Waals surface area contributed by atoms with E-state index < -0.39 is 5.54 Å². The van der Waals surface area contributed by atoms with Gasteiger partial charge in [0.2, 0.25) is 0 Å². The molecule has 0 bridgehead atoms. The molecule has 1 aliphatic rings. The summed E-state index contributed by atoms with van der Waals surface area (Å²) >= 11 is 0.